The molecule has 0 aliphatic carbocycles. The zero-order valence-corrected chi connectivity index (χ0v) is 12.8. The maximum Gasteiger partial charge on any atom is 0.127 e. The number of ether oxygens (including phenoxy) is 3. The predicted octanol–water partition coefficient (Wildman–Crippen LogP) is 2.39. The third-order valence-electron chi connectivity index (χ3n) is 4.87. The molecule has 0 bridgehead atoms. The summed E-state index contributed by atoms with van der Waals surface area (Å²) >= 11 is 0. The van der Waals surface area contributed by atoms with Crippen LogP contribution in [0, 0.1) is 0 Å². The van der Waals surface area contributed by atoms with E-state index in [4.69, 9.17) is 14.2 Å². The smallest absolute Gasteiger partial charge is 0.127 e. The first kappa shape index (κ1) is 14.2. The van der Waals surface area contributed by atoms with E-state index in [1.807, 2.05) is 12.1 Å². The van der Waals surface area contributed by atoms with E-state index in [2.05, 4.69) is 23.5 Å². The maximum atomic E-state index is 5.99. The molecule has 2 fully saturated rings. The lowest BCUT2D eigenvalue weighted by atomic mass is 9.89. The van der Waals surface area contributed by atoms with Crippen LogP contribution in [0.15, 0.2) is 29.8 Å². The first-order valence-corrected chi connectivity index (χ1v) is 8.19. The van der Waals surface area contributed by atoms with Gasteiger partial charge in [0.25, 0.3) is 0 Å². The van der Waals surface area contributed by atoms with Gasteiger partial charge < -0.3 is 19.5 Å². The number of rotatable bonds is 3. The summed E-state index contributed by atoms with van der Waals surface area (Å²) in [5.74, 6) is 0.986. The summed E-state index contributed by atoms with van der Waals surface area (Å²) in [6, 6.07) is 8.71. The molecular weight excluding hydrogens is 278 g/mol. The molecule has 0 saturated carbocycles. The van der Waals surface area contributed by atoms with Gasteiger partial charge in [0.1, 0.15) is 12.4 Å². The quantitative estimate of drug-likeness (QED) is 0.930. The zero-order valence-electron chi connectivity index (χ0n) is 12.8. The van der Waals surface area contributed by atoms with Crippen LogP contribution in [0.1, 0.15) is 24.8 Å². The summed E-state index contributed by atoms with van der Waals surface area (Å²) in [6.07, 6.45) is 5.41. The zero-order chi connectivity index (χ0) is 14.8. The standard InChI is InChI=1S/C18H23NO3/c1-2-4-17-15(3-1)9-14(12-21-17)11-19-16-5-7-22-18(10-16)6-8-20-13-18/h1-4,9,16,19H,5-8,10-13H2/t16-,18-/m0/s1. The lowest BCUT2D eigenvalue weighted by Crippen LogP contribution is -2.48. The fraction of sp³-hybridized carbons (Fsp3) is 0.556. The molecule has 3 heterocycles. The number of benzene rings is 1. The topological polar surface area (TPSA) is 39.7 Å². The molecule has 4 rings (SSSR count). The minimum Gasteiger partial charge on any atom is -0.489 e. The van der Waals surface area contributed by atoms with Crippen molar-refractivity contribution in [2.24, 2.45) is 0 Å². The normalized spacial score (nSPS) is 30.7. The van der Waals surface area contributed by atoms with Gasteiger partial charge in [0.2, 0.25) is 0 Å². The third kappa shape index (κ3) is 2.91. The Kier molecular flexibility index (Phi) is 3.90. The number of hydrogen-bond acceptors (Lipinski definition) is 4. The van der Waals surface area contributed by atoms with E-state index in [0.29, 0.717) is 12.6 Å². The van der Waals surface area contributed by atoms with E-state index in [-0.39, 0.29) is 5.60 Å². The molecular formula is C18H23NO3. The molecule has 1 N–H and O–H groups in total. The van der Waals surface area contributed by atoms with Crippen LogP contribution in [0.5, 0.6) is 5.75 Å². The molecule has 0 unspecified atom stereocenters. The molecule has 0 radical (unpaired) electrons. The van der Waals surface area contributed by atoms with Crippen LogP contribution in [0.4, 0.5) is 0 Å². The van der Waals surface area contributed by atoms with Crippen molar-refractivity contribution in [1.29, 1.82) is 0 Å². The number of para-hydroxylation sites is 1. The van der Waals surface area contributed by atoms with Crippen molar-refractivity contribution in [3.8, 4) is 5.75 Å². The van der Waals surface area contributed by atoms with E-state index in [1.54, 1.807) is 0 Å². The monoisotopic (exact) mass is 301 g/mol. The van der Waals surface area contributed by atoms with E-state index in [9.17, 15) is 0 Å². The lowest BCUT2D eigenvalue weighted by molar-refractivity contribution is -0.0890. The Morgan fingerprint density at radius 1 is 1.23 bits per heavy atom. The van der Waals surface area contributed by atoms with E-state index in [1.165, 1.54) is 11.1 Å². The van der Waals surface area contributed by atoms with Gasteiger partial charge in [-0.3, -0.25) is 0 Å². The number of nitrogens with one attached hydrogen (secondary N) is 1. The molecule has 4 heteroatoms. The molecule has 22 heavy (non-hydrogen) atoms. The molecule has 2 saturated heterocycles. The molecule has 0 amide bonds. The predicted molar refractivity (Wildman–Crippen MR) is 85.1 cm³/mol. The second kappa shape index (κ2) is 6.03. The van der Waals surface area contributed by atoms with Gasteiger partial charge in [-0.25, -0.2) is 0 Å². The van der Waals surface area contributed by atoms with Gasteiger partial charge in [0.05, 0.1) is 12.2 Å². The summed E-state index contributed by atoms with van der Waals surface area (Å²) in [4.78, 5) is 0. The van der Waals surface area contributed by atoms with Gasteiger partial charge in [0, 0.05) is 37.8 Å². The van der Waals surface area contributed by atoms with Crippen molar-refractivity contribution in [2.75, 3.05) is 33.0 Å². The largest absolute Gasteiger partial charge is 0.489 e. The van der Waals surface area contributed by atoms with Crippen LogP contribution < -0.4 is 10.1 Å². The van der Waals surface area contributed by atoms with Gasteiger partial charge in [0.15, 0.2) is 0 Å². The highest BCUT2D eigenvalue weighted by atomic mass is 16.6. The van der Waals surface area contributed by atoms with E-state index >= 15 is 0 Å². The molecule has 1 aromatic rings. The Morgan fingerprint density at radius 3 is 3.09 bits per heavy atom. The summed E-state index contributed by atoms with van der Waals surface area (Å²) < 4.78 is 17.3. The highest BCUT2D eigenvalue weighted by molar-refractivity contribution is 5.62. The first-order valence-electron chi connectivity index (χ1n) is 8.19. The Balaban J connectivity index is 1.36. The van der Waals surface area contributed by atoms with Crippen molar-refractivity contribution >= 4 is 6.08 Å². The summed E-state index contributed by atoms with van der Waals surface area (Å²) in [7, 11) is 0. The Labute approximate surface area is 131 Å². The van der Waals surface area contributed by atoms with Crippen molar-refractivity contribution in [2.45, 2.75) is 30.9 Å². The highest BCUT2D eigenvalue weighted by Gasteiger charge is 2.40. The Hall–Kier alpha value is -1.36. The van der Waals surface area contributed by atoms with E-state index in [0.717, 1.165) is 51.4 Å². The average Bonchev–Trinajstić information content (AvgIpc) is 3.00. The van der Waals surface area contributed by atoms with Gasteiger partial charge >= 0.3 is 0 Å². The average molecular weight is 301 g/mol. The minimum atomic E-state index is -0.0278. The number of hydrogen-bond donors (Lipinski definition) is 1. The fourth-order valence-corrected chi connectivity index (χ4v) is 3.61. The van der Waals surface area contributed by atoms with Gasteiger partial charge in [-0.15, -0.1) is 0 Å². The van der Waals surface area contributed by atoms with Crippen molar-refractivity contribution in [3.05, 3.63) is 35.4 Å². The Bertz CT molecular complexity index is 563. The van der Waals surface area contributed by atoms with Crippen LogP contribution in [0.3, 0.4) is 0 Å². The first-order chi connectivity index (χ1) is 10.8. The van der Waals surface area contributed by atoms with E-state index < -0.39 is 0 Å². The van der Waals surface area contributed by atoms with Crippen LogP contribution in [0.2, 0.25) is 0 Å². The third-order valence-corrected chi connectivity index (χ3v) is 4.87. The van der Waals surface area contributed by atoms with Gasteiger partial charge in [-0.2, -0.15) is 0 Å². The number of fused-ring (bicyclic) bond motifs is 1. The molecule has 4 nitrogen and oxygen atoms in total. The second-order valence-electron chi connectivity index (χ2n) is 6.53. The molecule has 1 spiro atoms. The van der Waals surface area contributed by atoms with Gasteiger partial charge in [-0.1, -0.05) is 18.2 Å². The van der Waals surface area contributed by atoms with Gasteiger partial charge in [-0.05, 0) is 30.6 Å². The maximum absolute atomic E-state index is 5.99. The molecule has 3 aliphatic rings. The minimum absolute atomic E-state index is 0.0278. The fourth-order valence-electron chi connectivity index (χ4n) is 3.61. The highest BCUT2D eigenvalue weighted by Crippen LogP contribution is 2.33. The summed E-state index contributed by atoms with van der Waals surface area (Å²) in [5, 5.41) is 3.69. The molecule has 3 aliphatic heterocycles. The Morgan fingerprint density at radius 2 is 2.18 bits per heavy atom. The molecule has 118 valence electrons. The van der Waals surface area contributed by atoms with Crippen LogP contribution >= 0.6 is 0 Å². The summed E-state index contributed by atoms with van der Waals surface area (Å²) in [5.41, 5.74) is 2.46. The van der Waals surface area contributed by atoms with Crippen LogP contribution in [-0.4, -0.2) is 44.6 Å². The van der Waals surface area contributed by atoms with Crippen molar-refractivity contribution in [1.82, 2.24) is 5.32 Å². The van der Waals surface area contributed by atoms with Crippen molar-refractivity contribution in [3.63, 3.8) is 0 Å². The SMILES string of the molecule is C1=C(CN[C@H]2CCO[C@@]3(CCOC3)C2)COc2ccccc21. The summed E-state index contributed by atoms with van der Waals surface area (Å²) in [6.45, 7) is 3.99. The lowest BCUT2D eigenvalue weighted by Gasteiger charge is -2.37. The molecule has 1 aromatic carbocycles. The van der Waals surface area contributed by atoms with Crippen molar-refractivity contribution < 1.29 is 14.2 Å². The van der Waals surface area contributed by atoms with Crippen LogP contribution in [0.25, 0.3) is 6.08 Å². The molecule has 2 atom stereocenters. The second-order valence-corrected chi connectivity index (χ2v) is 6.53. The molecule has 0 aromatic heterocycles. The van der Waals surface area contributed by atoms with Crippen LogP contribution in [-0.2, 0) is 9.47 Å².